The lowest BCUT2D eigenvalue weighted by atomic mass is 9.86. The first-order valence-electron chi connectivity index (χ1n) is 7.25. The molecule has 0 radical (unpaired) electrons. The standard InChI is InChI=1S/C17H29N/c1-7-18-17(15(6)12(2)3)11-16-9-8-13(4)14(5)10-16/h8-10,12,15,17-18H,7,11H2,1-6H3. The summed E-state index contributed by atoms with van der Waals surface area (Å²) in [5.74, 6) is 1.42. The molecule has 18 heavy (non-hydrogen) atoms. The number of rotatable bonds is 6. The van der Waals surface area contributed by atoms with E-state index in [1.807, 2.05) is 0 Å². The van der Waals surface area contributed by atoms with E-state index in [1.165, 1.54) is 16.7 Å². The molecule has 0 fully saturated rings. The second-order valence-electron chi connectivity index (χ2n) is 5.89. The van der Waals surface area contributed by atoms with E-state index in [0.717, 1.165) is 18.9 Å². The van der Waals surface area contributed by atoms with Gasteiger partial charge in [-0.3, -0.25) is 0 Å². The summed E-state index contributed by atoms with van der Waals surface area (Å²) in [6.07, 6.45) is 1.13. The van der Waals surface area contributed by atoms with Crippen LogP contribution in [0, 0.1) is 25.7 Å². The lowest BCUT2D eigenvalue weighted by Crippen LogP contribution is -2.38. The van der Waals surface area contributed by atoms with Crippen LogP contribution < -0.4 is 5.32 Å². The normalized spacial score (nSPS) is 14.8. The fourth-order valence-electron chi connectivity index (χ4n) is 2.36. The van der Waals surface area contributed by atoms with Gasteiger partial charge in [-0.1, -0.05) is 45.9 Å². The molecule has 0 aliphatic carbocycles. The molecule has 1 N–H and O–H groups in total. The quantitative estimate of drug-likeness (QED) is 0.797. The molecule has 0 bridgehead atoms. The van der Waals surface area contributed by atoms with Crippen LogP contribution in [-0.4, -0.2) is 12.6 Å². The summed E-state index contributed by atoms with van der Waals surface area (Å²) in [4.78, 5) is 0. The Balaban J connectivity index is 2.79. The molecule has 0 amide bonds. The molecule has 0 saturated heterocycles. The molecule has 1 aromatic rings. The van der Waals surface area contributed by atoms with Crippen molar-refractivity contribution < 1.29 is 0 Å². The molecule has 1 aromatic carbocycles. The Labute approximate surface area is 113 Å². The molecule has 0 aromatic heterocycles. The van der Waals surface area contributed by atoms with Crippen LogP contribution >= 0.6 is 0 Å². The molecule has 0 heterocycles. The highest BCUT2D eigenvalue weighted by Gasteiger charge is 2.19. The maximum Gasteiger partial charge on any atom is 0.0135 e. The van der Waals surface area contributed by atoms with Crippen LogP contribution in [0.3, 0.4) is 0 Å². The first kappa shape index (κ1) is 15.2. The van der Waals surface area contributed by atoms with Gasteiger partial charge in [0.1, 0.15) is 0 Å². The lowest BCUT2D eigenvalue weighted by molar-refractivity contribution is 0.300. The highest BCUT2D eigenvalue weighted by Crippen LogP contribution is 2.19. The second kappa shape index (κ2) is 6.94. The molecular formula is C17H29N. The number of aryl methyl sites for hydroxylation is 2. The number of nitrogens with one attached hydrogen (secondary N) is 1. The molecular weight excluding hydrogens is 218 g/mol. The molecule has 0 spiro atoms. The molecule has 0 aliphatic rings. The van der Waals surface area contributed by atoms with E-state index < -0.39 is 0 Å². The zero-order valence-corrected chi connectivity index (χ0v) is 12.9. The molecule has 2 unspecified atom stereocenters. The van der Waals surface area contributed by atoms with Crippen LogP contribution in [0.15, 0.2) is 18.2 Å². The minimum Gasteiger partial charge on any atom is -0.314 e. The van der Waals surface area contributed by atoms with E-state index in [4.69, 9.17) is 0 Å². The smallest absolute Gasteiger partial charge is 0.0135 e. The van der Waals surface area contributed by atoms with Gasteiger partial charge >= 0.3 is 0 Å². The molecule has 2 atom stereocenters. The summed E-state index contributed by atoms with van der Waals surface area (Å²) >= 11 is 0. The van der Waals surface area contributed by atoms with E-state index in [0.29, 0.717) is 12.0 Å². The Morgan fingerprint density at radius 2 is 1.72 bits per heavy atom. The Bertz CT molecular complexity index is 368. The van der Waals surface area contributed by atoms with Crippen molar-refractivity contribution in [3.05, 3.63) is 34.9 Å². The van der Waals surface area contributed by atoms with Crippen molar-refractivity contribution >= 4 is 0 Å². The number of likely N-dealkylation sites (N-methyl/N-ethyl adjacent to an activating group) is 1. The minimum absolute atomic E-state index is 0.581. The van der Waals surface area contributed by atoms with Crippen molar-refractivity contribution in [3.8, 4) is 0 Å². The van der Waals surface area contributed by atoms with Crippen LogP contribution in [0.2, 0.25) is 0 Å². The van der Waals surface area contributed by atoms with Crippen LogP contribution in [-0.2, 0) is 6.42 Å². The lowest BCUT2D eigenvalue weighted by Gasteiger charge is -2.28. The van der Waals surface area contributed by atoms with Crippen molar-refractivity contribution in [1.82, 2.24) is 5.32 Å². The summed E-state index contributed by atoms with van der Waals surface area (Å²) < 4.78 is 0. The molecule has 102 valence electrons. The summed E-state index contributed by atoms with van der Waals surface area (Å²) in [5, 5.41) is 3.65. The summed E-state index contributed by atoms with van der Waals surface area (Å²) in [5.41, 5.74) is 4.24. The third-order valence-electron chi connectivity index (χ3n) is 4.18. The SMILES string of the molecule is CCNC(Cc1ccc(C)c(C)c1)C(C)C(C)C. The molecule has 0 aliphatic heterocycles. The monoisotopic (exact) mass is 247 g/mol. The zero-order chi connectivity index (χ0) is 13.7. The largest absolute Gasteiger partial charge is 0.314 e. The van der Waals surface area contributed by atoms with Gasteiger partial charge in [0.05, 0.1) is 0 Å². The van der Waals surface area contributed by atoms with Gasteiger partial charge in [-0.25, -0.2) is 0 Å². The first-order chi connectivity index (χ1) is 8.45. The van der Waals surface area contributed by atoms with Gasteiger partial charge in [0.15, 0.2) is 0 Å². The molecule has 0 saturated carbocycles. The average molecular weight is 247 g/mol. The maximum absolute atomic E-state index is 3.65. The van der Waals surface area contributed by atoms with Gasteiger partial charge in [-0.2, -0.15) is 0 Å². The van der Waals surface area contributed by atoms with E-state index in [-0.39, 0.29) is 0 Å². The van der Waals surface area contributed by atoms with Crippen molar-refractivity contribution in [2.75, 3.05) is 6.54 Å². The maximum atomic E-state index is 3.65. The third kappa shape index (κ3) is 4.13. The van der Waals surface area contributed by atoms with Crippen molar-refractivity contribution in [2.24, 2.45) is 11.8 Å². The van der Waals surface area contributed by atoms with Crippen molar-refractivity contribution in [1.29, 1.82) is 0 Å². The van der Waals surface area contributed by atoms with Gasteiger partial charge < -0.3 is 5.32 Å². The number of hydrogen-bond donors (Lipinski definition) is 1. The Hall–Kier alpha value is -0.820. The summed E-state index contributed by atoms with van der Waals surface area (Å²) in [7, 11) is 0. The van der Waals surface area contributed by atoms with Crippen LogP contribution in [0.5, 0.6) is 0 Å². The number of benzene rings is 1. The fourth-order valence-corrected chi connectivity index (χ4v) is 2.36. The van der Waals surface area contributed by atoms with Gasteiger partial charge in [-0.05, 0) is 55.3 Å². The summed E-state index contributed by atoms with van der Waals surface area (Å²) in [6.45, 7) is 14.6. The highest BCUT2D eigenvalue weighted by atomic mass is 14.9. The van der Waals surface area contributed by atoms with Gasteiger partial charge in [0.2, 0.25) is 0 Å². The molecule has 1 rings (SSSR count). The first-order valence-corrected chi connectivity index (χ1v) is 7.25. The highest BCUT2D eigenvalue weighted by molar-refractivity contribution is 5.30. The summed E-state index contributed by atoms with van der Waals surface area (Å²) in [6, 6.07) is 7.44. The number of hydrogen-bond acceptors (Lipinski definition) is 1. The van der Waals surface area contributed by atoms with E-state index in [1.54, 1.807) is 0 Å². The van der Waals surface area contributed by atoms with Crippen molar-refractivity contribution in [2.45, 2.75) is 54.0 Å². The predicted octanol–water partition coefficient (Wildman–Crippen LogP) is 4.12. The zero-order valence-electron chi connectivity index (χ0n) is 12.9. The van der Waals surface area contributed by atoms with Crippen molar-refractivity contribution in [3.63, 3.8) is 0 Å². The van der Waals surface area contributed by atoms with Gasteiger partial charge in [-0.15, -0.1) is 0 Å². The molecule has 1 heteroatoms. The van der Waals surface area contributed by atoms with Crippen LogP contribution in [0.1, 0.15) is 44.4 Å². The Morgan fingerprint density at radius 3 is 2.22 bits per heavy atom. The third-order valence-corrected chi connectivity index (χ3v) is 4.18. The minimum atomic E-state index is 0.581. The van der Waals surface area contributed by atoms with Gasteiger partial charge in [0.25, 0.3) is 0 Å². The predicted molar refractivity (Wildman–Crippen MR) is 81.1 cm³/mol. The Kier molecular flexibility index (Phi) is 5.87. The topological polar surface area (TPSA) is 12.0 Å². The van der Waals surface area contributed by atoms with E-state index >= 15 is 0 Å². The van der Waals surface area contributed by atoms with Crippen LogP contribution in [0.25, 0.3) is 0 Å². The van der Waals surface area contributed by atoms with E-state index in [2.05, 4.69) is 65.1 Å². The fraction of sp³-hybridized carbons (Fsp3) is 0.647. The molecule has 1 nitrogen and oxygen atoms in total. The van der Waals surface area contributed by atoms with E-state index in [9.17, 15) is 0 Å². The van der Waals surface area contributed by atoms with Crippen LogP contribution in [0.4, 0.5) is 0 Å². The van der Waals surface area contributed by atoms with Gasteiger partial charge in [0, 0.05) is 6.04 Å². The Morgan fingerprint density at radius 1 is 1.06 bits per heavy atom. The second-order valence-corrected chi connectivity index (χ2v) is 5.89. The average Bonchev–Trinajstić information content (AvgIpc) is 2.32.